The number of carbonyl (C=O) groups is 1. The first-order valence-electron chi connectivity index (χ1n) is 8.01. The van der Waals surface area contributed by atoms with Crippen LogP contribution in [0.3, 0.4) is 0 Å². The number of sulfone groups is 1. The summed E-state index contributed by atoms with van der Waals surface area (Å²) in [5.74, 6) is 0.224. The molecule has 6 nitrogen and oxygen atoms in total. The normalized spacial score (nSPS) is 21.0. The van der Waals surface area contributed by atoms with Crippen molar-refractivity contribution in [1.82, 2.24) is 14.3 Å². The second-order valence-corrected chi connectivity index (χ2v) is 9.51. The van der Waals surface area contributed by atoms with Gasteiger partial charge in [0, 0.05) is 18.8 Å². The van der Waals surface area contributed by atoms with Crippen LogP contribution in [-0.4, -0.2) is 58.0 Å². The molecule has 2 atom stereocenters. The number of carbonyl (C=O) groups excluding carboxylic acids is 1. The minimum absolute atomic E-state index is 0.0303. The lowest BCUT2D eigenvalue weighted by Crippen LogP contribution is -2.44. The molecule has 2 aromatic rings. The Kier molecular flexibility index (Phi) is 4.87. The summed E-state index contributed by atoms with van der Waals surface area (Å²) >= 11 is 1.40. The standard InChI is InChI=1S/C16H21N3O3S2/c1-3-18(14-7-9-24(21,22)11-14)15(20)12(2)23-16-17-10-13-6-4-5-8-19(13)16/h4-6,8,10,12,14H,3,7,9,11H2,1-2H3/t12-,14+/m1/s1. The van der Waals surface area contributed by atoms with Gasteiger partial charge >= 0.3 is 0 Å². The Morgan fingerprint density at radius 3 is 2.96 bits per heavy atom. The van der Waals surface area contributed by atoms with E-state index in [2.05, 4.69) is 4.98 Å². The molecule has 0 aliphatic carbocycles. The molecule has 1 saturated heterocycles. The minimum atomic E-state index is -3.01. The number of hydrogen-bond acceptors (Lipinski definition) is 5. The molecule has 8 heteroatoms. The zero-order chi connectivity index (χ0) is 17.3. The predicted molar refractivity (Wildman–Crippen MR) is 95.0 cm³/mol. The van der Waals surface area contributed by atoms with Crippen LogP contribution in [0.1, 0.15) is 20.3 Å². The van der Waals surface area contributed by atoms with E-state index in [4.69, 9.17) is 0 Å². The lowest BCUT2D eigenvalue weighted by molar-refractivity contribution is -0.131. The average molecular weight is 367 g/mol. The van der Waals surface area contributed by atoms with E-state index in [1.165, 1.54) is 11.8 Å². The summed E-state index contributed by atoms with van der Waals surface area (Å²) in [5.41, 5.74) is 0.980. The molecule has 24 heavy (non-hydrogen) atoms. The number of rotatable bonds is 5. The number of fused-ring (bicyclic) bond motifs is 1. The summed E-state index contributed by atoms with van der Waals surface area (Å²) in [7, 11) is -3.01. The predicted octanol–water partition coefficient (Wildman–Crippen LogP) is 1.85. The number of thioether (sulfide) groups is 1. The van der Waals surface area contributed by atoms with Crippen molar-refractivity contribution in [2.24, 2.45) is 0 Å². The number of nitrogens with zero attached hydrogens (tertiary/aromatic N) is 3. The van der Waals surface area contributed by atoms with Gasteiger partial charge in [0.05, 0.1) is 28.5 Å². The van der Waals surface area contributed by atoms with Crippen molar-refractivity contribution in [1.29, 1.82) is 0 Å². The minimum Gasteiger partial charge on any atom is -0.338 e. The fourth-order valence-electron chi connectivity index (χ4n) is 3.06. The highest BCUT2D eigenvalue weighted by Gasteiger charge is 2.35. The molecule has 1 amide bonds. The van der Waals surface area contributed by atoms with E-state index in [0.29, 0.717) is 13.0 Å². The average Bonchev–Trinajstić information content (AvgIpc) is 3.12. The summed E-state index contributed by atoms with van der Waals surface area (Å²) in [4.78, 5) is 18.9. The molecule has 1 aliphatic rings. The van der Waals surface area contributed by atoms with Gasteiger partial charge in [0.1, 0.15) is 0 Å². The summed E-state index contributed by atoms with van der Waals surface area (Å²) in [6.45, 7) is 4.26. The number of pyridine rings is 1. The van der Waals surface area contributed by atoms with E-state index < -0.39 is 9.84 Å². The Hall–Kier alpha value is -1.54. The fourth-order valence-corrected chi connectivity index (χ4v) is 5.74. The van der Waals surface area contributed by atoms with Gasteiger partial charge in [-0.3, -0.25) is 9.20 Å². The molecule has 1 aliphatic heterocycles. The summed E-state index contributed by atoms with van der Waals surface area (Å²) < 4.78 is 25.3. The highest BCUT2D eigenvalue weighted by molar-refractivity contribution is 8.00. The van der Waals surface area contributed by atoms with Crippen molar-refractivity contribution >= 4 is 33.0 Å². The van der Waals surface area contributed by atoms with Crippen molar-refractivity contribution in [3.05, 3.63) is 30.6 Å². The van der Waals surface area contributed by atoms with E-state index in [0.717, 1.165) is 10.7 Å². The fraction of sp³-hybridized carbons (Fsp3) is 0.500. The van der Waals surface area contributed by atoms with Gasteiger partial charge in [0.25, 0.3) is 0 Å². The van der Waals surface area contributed by atoms with Crippen LogP contribution in [0.4, 0.5) is 0 Å². The first-order valence-corrected chi connectivity index (χ1v) is 10.7. The number of aromatic nitrogens is 2. The molecule has 1 fully saturated rings. The third-order valence-corrected chi connectivity index (χ3v) is 7.13. The molecule has 3 rings (SSSR count). The monoisotopic (exact) mass is 367 g/mol. The lowest BCUT2D eigenvalue weighted by Gasteiger charge is -2.29. The zero-order valence-corrected chi connectivity index (χ0v) is 15.4. The van der Waals surface area contributed by atoms with Gasteiger partial charge in [-0.25, -0.2) is 13.4 Å². The van der Waals surface area contributed by atoms with Crippen LogP contribution >= 0.6 is 11.8 Å². The Bertz CT molecular complexity index is 847. The van der Waals surface area contributed by atoms with Crippen LogP contribution in [0.15, 0.2) is 35.7 Å². The Morgan fingerprint density at radius 1 is 1.50 bits per heavy atom. The number of imidazole rings is 1. The maximum Gasteiger partial charge on any atom is 0.236 e. The van der Waals surface area contributed by atoms with Gasteiger partial charge in [0.15, 0.2) is 15.0 Å². The van der Waals surface area contributed by atoms with Gasteiger partial charge in [-0.15, -0.1) is 0 Å². The molecule has 0 bridgehead atoms. The van der Waals surface area contributed by atoms with Gasteiger partial charge < -0.3 is 4.90 Å². The Balaban J connectivity index is 1.73. The molecule has 0 unspecified atom stereocenters. The maximum atomic E-state index is 12.8. The summed E-state index contributed by atoms with van der Waals surface area (Å²) in [5, 5.41) is 0.445. The Labute approximate surface area is 146 Å². The first kappa shape index (κ1) is 17.3. The van der Waals surface area contributed by atoms with E-state index in [1.807, 2.05) is 42.6 Å². The van der Waals surface area contributed by atoms with Crippen molar-refractivity contribution in [2.75, 3.05) is 18.1 Å². The first-order chi connectivity index (χ1) is 11.4. The number of hydrogen-bond donors (Lipinski definition) is 0. The molecular formula is C16H21N3O3S2. The third kappa shape index (κ3) is 3.44. The lowest BCUT2D eigenvalue weighted by atomic mass is 10.2. The second kappa shape index (κ2) is 6.76. The van der Waals surface area contributed by atoms with Crippen molar-refractivity contribution in [3.63, 3.8) is 0 Å². The van der Waals surface area contributed by atoms with Crippen LogP contribution in [0.2, 0.25) is 0 Å². The molecule has 0 saturated carbocycles. The van der Waals surface area contributed by atoms with Crippen LogP contribution in [0, 0.1) is 0 Å². The summed E-state index contributed by atoms with van der Waals surface area (Å²) in [6, 6.07) is 5.63. The molecular weight excluding hydrogens is 346 g/mol. The quantitative estimate of drug-likeness (QED) is 0.754. The zero-order valence-electron chi connectivity index (χ0n) is 13.8. The van der Waals surface area contributed by atoms with Gasteiger partial charge in [-0.1, -0.05) is 17.8 Å². The topological polar surface area (TPSA) is 71.8 Å². The molecule has 0 radical (unpaired) electrons. The SMILES string of the molecule is CCN(C(=O)[C@@H](C)Sc1ncc2ccccn12)[C@H]1CCS(=O)(=O)C1. The number of amides is 1. The maximum absolute atomic E-state index is 12.8. The van der Waals surface area contributed by atoms with Crippen molar-refractivity contribution < 1.29 is 13.2 Å². The largest absolute Gasteiger partial charge is 0.338 e. The van der Waals surface area contributed by atoms with Crippen LogP contribution < -0.4 is 0 Å². The summed E-state index contributed by atoms with van der Waals surface area (Å²) in [6.07, 6.45) is 4.23. The Morgan fingerprint density at radius 2 is 2.29 bits per heavy atom. The van der Waals surface area contributed by atoms with E-state index >= 15 is 0 Å². The molecule has 0 aromatic carbocycles. The van der Waals surface area contributed by atoms with Crippen molar-refractivity contribution in [3.8, 4) is 0 Å². The highest BCUT2D eigenvalue weighted by atomic mass is 32.2. The smallest absolute Gasteiger partial charge is 0.236 e. The van der Waals surface area contributed by atoms with Gasteiger partial charge in [0.2, 0.25) is 5.91 Å². The highest BCUT2D eigenvalue weighted by Crippen LogP contribution is 2.26. The van der Waals surface area contributed by atoms with Crippen molar-refractivity contribution in [2.45, 2.75) is 36.7 Å². The van der Waals surface area contributed by atoms with Gasteiger partial charge in [-0.2, -0.15) is 0 Å². The van der Waals surface area contributed by atoms with E-state index in [-0.39, 0.29) is 28.7 Å². The van der Waals surface area contributed by atoms with Gasteiger partial charge in [-0.05, 0) is 32.4 Å². The van der Waals surface area contributed by atoms with Crippen LogP contribution in [0.5, 0.6) is 0 Å². The van der Waals surface area contributed by atoms with Crippen LogP contribution in [0.25, 0.3) is 5.52 Å². The third-order valence-electron chi connectivity index (χ3n) is 4.31. The molecule has 3 heterocycles. The molecule has 2 aromatic heterocycles. The molecule has 0 N–H and O–H groups in total. The van der Waals surface area contributed by atoms with E-state index in [9.17, 15) is 13.2 Å². The van der Waals surface area contributed by atoms with Crippen LogP contribution in [-0.2, 0) is 14.6 Å². The molecule has 0 spiro atoms. The molecule has 130 valence electrons. The van der Waals surface area contributed by atoms with E-state index in [1.54, 1.807) is 11.1 Å². The second-order valence-electron chi connectivity index (χ2n) is 5.98.